The molecule has 0 spiro atoms. The Bertz CT molecular complexity index is 1000. The number of aromatic nitrogens is 2. The van der Waals surface area contributed by atoms with Crippen LogP contribution in [0.25, 0.3) is 11.0 Å². The van der Waals surface area contributed by atoms with Crippen molar-refractivity contribution in [3.63, 3.8) is 0 Å². The Hall–Kier alpha value is -2.82. The van der Waals surface area contributed by atoms with Crippen molar-refractivity contribution in [3.8, 4) is 5.75 Å². The van der Waals surface area contributed by atoms with Gasteiger partial charge in [0, 0.05) is 25.9 Å². The lowest BCUT2D eigenvalue weighted by Crippen LogP contribution is -2.26. The van der Waals surface area contributed by atoms with Crippen LogP contribution in [0.1, 0.15) is 64.8 Å². The molecule has 0 aliphatic rings. The average Bonchev–Trinajstić information content (AvgIpc) is 3.11. The number of amides is 1. The molecule has 1 aromatic heterocycles. The second-order valence-corrected chi connectivity index (χ2v) is 9.35. The van der Waals surface area contributed by atoms with Gasteiger partial charge in [-0.15, -0.1) is 0 Å². The summed E-state index contributed by atoms with van der Waals surface area (Å²) >= 11 is 0. The maximum absolute atomic E-state index is 11.8. The summed E-state index contributed by atoms with van der Waals surface area (Å²) in [5.74, 6) is 2.07. The summed E-state index contributed by atoms with van der Waals surface area (Å²) < 4.78 is 8.24. The Morgan fingerprint density at radius 3 is 2.53 bits per heavy atom. The van der Waals surface area contributed by atoms with Crippen molar-refractivity contribution >= 4 is 16.9 Å². The minimum atomic E-state index is 0.114. The van der Waals surface area contributed by atoms with Crippen LogP contribution in [0.5, 0.6) is 5.75 Å². The van der Waals surface area contributed by atoms with Gasteiger partial charge in [-0.3, -0.25) is 4.79 Å². The fourth-order valence-electron chi connectivity index (χ4n) is 3.81. The quantitative estimate of drug-likeness (QED) is 0.396. The Morgan fingerprint density at radius 2 is 1.81 bits per heavy atom. The lowest BCUT2D eigenvalue weighted by molar-refractivity contribution is -0.121. The normalized spacial score (nSPS) is 11.6. The van der Waals surface area contributed by atoms with Gasteiger partial charge in [-0.1, -0.05) is 52.0 Å². The van der Waals surface area contributed by atoms with Gasteiger partial charge in [0.15, 0.2) is 0 Å². The summed E-state index contributed by atoms with van der Waals surface area (Å²) in [5.41, 5.74) is 3.64. The zero-order valence-electron chi connectivity index (χ0n) is 20.0. The number of rotatable bonds is 11. The summed E-state index contributed by atoms with van der Waals surface area (Å²) in [5, 5.41) is 3.00. The second kappa shape index (κ2) is 11.2. The van der Waals surface area contributed by atoms with Gasteiger partial charge in [0.25, 0.3) is 0 Å². The van der Waals surface area contributed by atoms with Crippen molar-refractivity contribution in [2.75, 3.05) is 13.2 Å². The average molecular weight is 436 g/mol. The highest BCUT2D eigenvalue weighted by atomic mass is 16.5. The smallest absolute Gasteiger partial charge is 0.219 e. The highest BCUT2D eigenvalue weighted by Crippen LogP contribution is 2.24. The van der Waals surface area contributed by atoms with Crippen LogP contribution in [0.2, 0.25) is 0 Å². The standard InChI is InChI=1S/C27H37N3O2/c1-5-10-26(31)28-18-17-25-29-23-11-6-7-12-24(23)30(25)19-8-9-20-32-22-15-13-21(14-16-22)27(2,3)4/h6-7,11-16H,5,8-10,17-20H2,1-4H3,(H,28,31). The maximum Gasteiger partial charge on any atom is 0.219 e. The number of imidazole rings is 1. The van der Waals surface area contributed by atoms with Crippen LogP contribution < -0.4 is 10.1 Å². The molecule has 172 valence electrons. The highest BCUT2D eigenvalue weighted by Gasteiger charge is 2.13. The molecule has 5 nitrogen and oxygen atoms in total. The van der Waals surface area contributed by atoms with Gasteiger partial charge in [-0.2, -0.15) is 0 Å². The third-order valence-corrected chi connectivity index (χ3v) is 5.65. The van der Waals surface area contributed by atoms with Gasteiger partial charge in [-0.05, 0) is 54.5 Å². The molecular formula is C27H37N3O2. The number of ether oxygens (including phenoxy) is 1. The number of carbonyl (C=O) groups is 1. The Labute approximate surface area is 192 Å². The van der Waals surface area contributed by atoms with E-state index in [1.54, 1.807) is 0 Å². The molecule has 3 aromatic rings. The first-order valence-corrected chi connectivity index (χ1v) is 11.8. The summed E-state index contributed by atoms with van der Waals surface area (Å²) in [6, 6.07) is 16.7. The maximum atomic E-state index is 11.8. The molecule has 0 aliphatic carbocycles. The van der Waals surface area contributed by atoms with Crippen molar-refractivity contribution in [1.29, 1.82) is 0 Å². The number of nitrogens with zero attached hydrogens (tertiary/aromatic N) is 2. The third-order valence-electron chi connectivity index (χ3n) is 5.65. The van der Waals surface area contributed by atoms with E-state index in [0.717, 1.165) is 54.8 Å². The molecule has 0 saturated carbocycles. The van der Waals surface area contributed by atoms with Crippen molar-refractivity contribution in [2.24, 2.45) is 0 Å². The summed E-state index contributed by atoms with van der Waals surface area (Å²) in [6.45, 7) is 10.9. The van der Waals surface area contributed by atoms with E-state index in [4.69, 9.17) is 9.72 Å². The summed E-state index contributed by atoms with van der Waals surface area (Å²) in [7, 11) is 0. The summed E-state index contributed by atoms with van der Waals surface area (Å²) in [6.07, 6.45) is 4.17. The van der Waals surface area contributed by atoms with E-state index in [2.05, 4.69) is 73.1 Å². The highest BCUT2D eigenvalue weighted by molar-refractivity contribution is 5.76. The van der Waals surface area contributed by atoms with E-state index >= 15 is 0 Å². The molecule has 3 rings (SSSR count). The monoisotopic (exact) mass is 435 g/mol. The van der Waals surface area contributed by atoms with Crippen molar-refractivity contribution in [2.45, 2.75) is 71.8 Å². The number of carbonyl (C=O) groups excluding carboxylic acids is 1. The molecule has 0 radical (unpaired) electrons. The molecule has 1 amide bonds. The van der Waals surface area contributed by atoms with Gasteiger partial charge >= 0.3 is 0 Å². The van der Waals surface area contributed by atoms with Crippen molar-refractivity contribution in [3.05, 3.63) is 59.9 Å². The molecule has 0 bridgehead atoms. The van der Waals surface area contributed by atoms with Crippen LogP contribution in [0, 0.1) is 0 Å². The van der Waals surface area contributed by atoms with Gasteiger partial charge < -0.3 is 14.6 Å². The van der Waals surface area contributed by atoms with Crippen LogP contribution in [0.4, 0.5) is 0 Å². The summed E-state index contributed by atoms with van der Waals surface area (Å²) in [4.78, 5) is 16.6. The predicted octanol–water partition coefficient (Wildman–Crippen LogP) is 5.65. The number of para-hydroxylation sites is 2. The molecule has 5 heteroatoms. The van der Waals surface area contributed by atoms with E-state index in [0.29, 0.717) is 19.6 Å². The second-order valence-electron chi connectivity index (χ2n) is 9.35. The lowest BCUT2D eigenvalue weighted by atomic mass is 9.87. The number of fused-ring (bicyclic) bond motifs is 1. The molecule has 1 N–H and O–H groups in total. The SMILES string of the molecule is CCCC(=O)NCCc1nc2ccccc2n1CCCCOc1ccc(C(C)(C)C)cc1. The molecule has 0 atom stereocenters. The molecule has 1 heterocycles. The molecular weight excluding hydrogens is 398 g/mol. The fraction of sp³-hybridized carbons (Fsp3) is 0.481. The van der Waals surface area contributed by atoms with Gasteiger partial charge in [0.1, 0.15) is 11.6 Å². The zero-order valence-corrected chi connectivity index (χ0v) is 20.0. The molecule has 0 saturated heterocycles. The number of aryl methyl sites for hydroxylation is 1. The number of unbranched alkanes of at least 4 members (excludes halogenated alkanes) is 1. The molecule has 0 aliphatic heterocycles. The zero-order chi connectivity index (χ0) is 23.0. The lowest BCUT2D eigenvalue weighted by Gasteiger charge is -2.19. The van der Waals surface area contributed by atoms with Crippen LogP contribution in [0.15, 0.2) is 48.5 Å². The number of hydrogen-bond acceptors (Lipinski definition) is 3. The van der Waals surface area contributed by atoms with Crippen LogP contribution >= 0.6 is 0 Å². The largest absolute Gasteiger partial charge is 0.494 e. The molecule has 0 fully saturated rings. The third kappa shape index (κ3) is 6.59. The molecule has 0 unspecified atom stereocenters. The topological polar surface area (TPSA) is 56.2 Å². The van der Waals surface area contributed by atoms with E-state index < -0.39 is 0 Å². The Morgan fingerprint density at radius 1 is 1.06 bits per heavy atom. The number of nitrogens with one attached hydrogen (secondary N) is 1. The molecule has 32 heavy (non-hydrogen) atoms. The van der Waals surface area contributed by atoms with E-state index in [1.807, 2.05) is 13.0 Å². The number of benzene rings is 2. The van der Waals surface area contributed by atoms with Crippen LogP contribution in [-0.4, -0.2) is 28.6 Å². The van der Waals surface area contributed by atoms with Gasteiger partial charge in [0.05, 0.1) is 17.6 Å². The Kier molecular flexibility index (Phi) is 8.32. The first-order valence-electron chi connectivity index (χ1n) is 11.8. The van der Waals surface area contributed by atoms with Gasteiger partial charge in [0.2, 0.25) is 5.91 Å². The first-order chi connectivity index (χ1) is 15.4. The predicted molar refractivity (Wildman–Crippen MR) is 131 cm³/mol. The minimum Gasteiger partial charge on any atom is -0.494 e. The Balaban J connectivity index is 1.52. The number of hydrogen-bond donors (Lipinski definition) is 1. The van der Waals surface area contributed by atoms with Gasteiger partial charge in [-0.25, -0.2) is 4.98 Å². The van der Waals surface area contributed by atoms with E-state index in [-0.39, 0.29) is 11.3 Å². The first kappa shape index (κ1) is 23.8. The van der Waals surface area contributed by atoms with E-state index in [9.17, 15) is 4.79 Å². The minimum absolute atomic E-state index is 0.114. The van der Waals surface area contributed by atoms with Crippen LogP contribution in [0.3, 0.4) is 0 Å². The van der Waals surface area contributed by atoms with Crippen molar-refractivity contribution in [1.82, 2.24) is 14.9 Å². The fourth-order valence-corrected chi connectivity index (χ4v) is 3.81. The molecule has 2 aromatic carbocycles. The van der Waals surface area contributed by atoms with E-state index in [1.165, 1.54) is 5.56 Å². The van der Waals surface area contributed by atoms with Crippen LogP contribution in [-0.2, 0) is 23.2 Å². The van der Waals surface area contributed by atoms with Crippen molar-refractivity contribution < 1.29 is 9.53 Å².